The van der Waals surface area contributed by atoms with E-state index in [4.69, 9.17) is 28.5 Å². The summed E-state index contributed by atoms with van der Waals surface area (Å²) >= 11 is 12.1. The molecule has 0 aliphatic heterocycles. The third kappa shape index (κ3) is 3.41. The molecule has 0 fully saturated rings. The van der Waals surface area contributed by atoms with E-state index in [0.717, 1.165) is 11.3 Å². The highest BCUT2D eigenvalue weighted by Gasteiger charge is 2.06. The van der Waals surface area contributed by atoms with E-state index in [1.165, 1.54) is 0 Å². The maximum absolute atomic E-state index is 8.77. The van der Waals surface area contributed by atoms with E-state index in [2.05, 4.69) is 11.0 Å². The van der Waals surface area contributed by atoms with Gasteiger partial charge in [-0.1, -0.05) is 23.2 Å². The highest BCUT2D eigenvalue weighted by molar-refractivity contribution is 6.33. The highest BCUT2D eigenvalue weighted by atomic mass is 35.5. The van der Waals surface area contributed by atoms with Gasteiger partial charge in [0.15, 0.2) is 0 Å². The lowest BCUT2D eigenvalue weighted by Crippen LogP contribution is -2.16. The van der Waals surface area contributed by atoms with Gasteiger partial charge in [0, 0.05) is 29.3 Å². The van der Waals surface area contributed by atoms with Crippen LogP contribution in [0.3, 0.4) is 0 Å². The van der Waals surface area contributed by atoms with Gasteiger partial charge in [-0.3, -0.25) is 0 Å². The van der Waals surface area contributed by atoms with Gasteiger partial charge in [0.25, 0.3) is 0 Å². The summed E-state index contributed by atoms with van der Waals surface area (Å²) in [4.78, 5) is 2.05. The number of nitrogens with zero attached hydrogens (tertiary/aromatic N) is 2. The van der Waals surface area contributed by atoms with Crippen LogP contribution in [0, 0.1) is 11.3 Å². The van der Waals surface area contributed by atoms with Crippen LogP contribution in [0.25, 0.3) is 0 Å². The average Bonchev–Trinajstić information content (AvgIpc) is 2.43. The molecule has 0 aliphatic carbocycles. The molecular weight excluding hydrogens is 279 g/mol. The van der Waals surface area contributed by atoms with Crippen LogP contribution in [0.15, 0.2) is 42.5 Å². The first-order chi connectivity index (χ1) is 9.10. The largest absolute Gasteiger partial charge is 0.370 e. The van der Waals surface area contributed by atoms with Crippen molar-refractivity contribution in [1.29, 1.82) is 5.26 Å². The lowest BCUT2D eigenvalue weighted by Gasteiger charge is -2.20. The molecule has 19 heavy (non-hydrogen) atoms. The first kappa shape index (κ1) is 13.7. The second kappa shape index (κ2) is 5.97. The molecule has 0 aliphatic rings. The Morgan fingerprint density at radius 1 is 1.11 bits per heavy atom. The van der Waals surface area contributed by atoms with Crippen LogP contribution < -0.4 is 4.90 Å². The van der Waals surface area contributed by atoms with Crippen molar-refractivity contribution < 1.29 is 0 Å². The Kier molecular flexibility index (Phi) is 4.31. The van der Waals surface area contributed by atoms with Crippen molar-refractivity contribution in [3.05, 3.63) is 63.6 Å². The maximum Gasteiger partial charge on any atom is 0.0991 e. The van der Waals surface area contributed by atoms with Crippen molar-refractivity contribution in [2.75, 3.05) is 11.9 Å². The molecule has 2 aromatic carbocycles. The van der Waals surface area contributed by atoms with Gasteiger partial charge >= 0.3 is 0 Å². The van der Waals surface area contributed by atoms with Crippen molar-refractivity contribution in [2.24, 2.45) is 0 Å². The molecule has 0 radical (unpaired) electrons. The molecule has 0 unspecified atom stereocenters. The third-order valence-electron chi connectivity index (χ3n) is 2.85. The molecule has 0 aromatic heterocycles. The number of anilines is 1. The summed E-state index contributed by atoms with van der Waals surface area (Å²) < 4.78 is 0. The second-order valence-corrected chi connectivity index (χ2v) is 5.09. The lowest BCUT2D eigenvalue weighted by atomic mass is 10.2. The smallest absolute Gasteiger partial charge is 0.0991 e. The lowest BCUT2D eigenvalue weighted by molar-refractivity contribution is 0.923. The van der Waals surface area contributed by atoms with Gasteiger partial charge in [-0.15, -0.1) is 0 Å². The first-order valence-electron chi connectivity index (χ1n) is 5.75. The van der Waals surface area contributed by atoms with E-state index in [1.807, 2.05) is 25.2 Å². The van der Waals surface area contributed by atoms with Gasteiger partial charge in [0.05, 0.1) is 11.6 Å². The number of halogens is 2. The molecule has 0 spiro atoms. The normalized spacial score (nSPS) is 10.0. The van der Waals surface area contributed by atoms with Gasteiger partial charge in [-0.05, 0) is 48.0 Å². The van der Waals surface area contributed by atoms with Crippen LogP contribution in [-0.4, -0.2) is 7.05 Å². The number of hydrogen-bond acceptors (Lipinski definition) is 2. The Bertz CT molecular complexity index is 615. The summed E-state index contributed by atoms with van der Waals surface area (Å²) in [5.41, 5.74) is 2.65. The van der Waals surface area contributed by atoms with E-state index in [1.54, 1.807) is 24.3 Å². The Hall–Kier alpha value is -1.69. The minimum Gasteiger partial charge on any atom is -0.370 e. The van der Waals surface area contributed by atoms with Crippen LogP contribution in [0.1, 0.15) is 11.1 Å². The molecule has 0 bridgehead atoms. The quantitative estimate of drug-likeness (QED) is 0.832. The molecular formula is C15H12Cl2N2. The van der Waals surface area contributed by atoms with E-state index in [9.17, 15) is 0 Å². The SMILES string of the molecule is CN(Cc1cc(Cl)ccc1Cl)c1ccc(C#N)cc1. The average molecular weight is 291 g/mol. The molecule has 0 atom stereocenters. The molecule has 0 N–H and O–H groups in total. The van der Waals surface area contributed by atoms with Crippen molar-refractivity contribution in [3.8, 4) is 6.07 Å². The summed E-state index contributed by atoms with van der Waals surface area (Å²) in [6, 6.07) is 15.0. The van der Waals surface area contributed by atoms with Crippen molar-refractivity contribution in [2.45, 2.75) is 6.54 Å². The molecule has 2 aromatic rings. The minimum absolute atomic E-state index is 0.651. The van der Waals surface area contributed by atoms with Crippen LogP contribution in [0.5, 0.6) is 0 Å². The Morgan fingerprint density at radius 3 is 2.42 bits per heavy atom. The van der Waals surface area contributed by atoms with Crippen molar-refractivity contribution >= 4 is 28.9 Å². The van der Waals surface area contributed by atoms with E-state index < -0.39 is 0 Å². The fraction of sp³-hybridized carbons (Fsp3) is 0.133. The van der Waals surface area contributed by atoms with Crippen LogP contribution >= 0.6 is 23.2 Å². The minimum atomic E-state index is 0.651. The zero-order valence-electron chi connectivity index (χ0n) is 10.4. The molecule has 2 nitrogen and oxygen atoms in total. The molecule has 0 amide bonds. The Labute approximate surface area is 122 Å². The van der Waals surface area contributed by atoms with E-state index in [0.29, 0.717) is 22.2 Å². The molecule has 0 saturated carbocycles. The van der Waals surface area contributed by atoms with Crippen LogP contribution in [-0.2, 0) is 6.54 Å². The van der Waals surface area contributed by atoms with E-state index in [-0.39, 0.29) is 0 Å². The summed E-state index contributed by atoms with van der Waals surface area (Å²) in [7, 11) is 1.97. The first-order valence-corrected chi connectivity index (χ1v) is 6.51. The standard InChI is InChI=1S/C15H12Cl2N2/c1-19(14-5-2-11(9-18)3-6-14)10-12-8-13(16)4-7-15(12)17/h2-8H,10H2,1H3. The zero-order chi connectivity index (χ0) is 13.8. The summed E-state index contributed by atoms with van der Waals surface area (Å²) in [5.74, 6) is 0. The van der Waals surface area contributed by atoms with Gasteiger partial charge in [-0.2, -0.15) is 5.26 Å². The van der Waals surface area contributed by atoms with Gasteiger partial charge in [-0.25, -0.2) is 0 Å². The van der Waals surface area contributed by atoms with Crippen molar-refractivity contribution in [1.82, 2.24) is 0 Å². The van der Waals surface area contributed by atoms with Gasteiger partial charge < -0.3 is 4.90 Å². The predicted octanol–water partition coefficient (Wildman–Crippen LogP) is 4.50. The molecule has 96 valence electrons. The highest BCUT2D eigenvalue weighted by Crippen LogP contribution is 2.24. The maximum atomic E-state index is 8.77. The fourth-order valence-corrected chi connectivity index (χ4v) is 2.17. The third-order valence-corrected chi connectivity index (χ3v) is 3.46. The zero-order valence-corrected chi connectivity index (χ0v) is 11.9. The molecule has 0 saturated heterocycles. The molecule has 2 rings (SSSR count). The number of hydrogen-bond donors (Lipinski definition) is 0. The molecule has 0 heterocycles. The fourth-order valence-electron chi connectivity index (χ4n) is 1.80. The Morgan fingerprint density at radius 2 is 1.79 bits per heavy atom. The number of benzene rings is 2. The topological polar surface area (TPSA) is 27.0 Å². The number of rotatable bonds is 3. The summed E-state index contributed by atoms with van der Waals surface area (Å²) in [6.07, 6.45) is 0. The second-order valence-electron chi connectivity index (χ2n) is 4.25. The summed E-state index contributed by atoms with van der Waals surface area (Å²) in [6.45, 7) is 0.658. The number of nitriles is 1. The summed E-state index contributed by atoms with van der Waals surface area (Å²) in [5, 5.41) is 10.1. The van der Waals surface area contributed by atoms with Crippen molar-refractivity contribution in [3.63, 3.8) is 0 Å². The van der Waals surface area contributed by atoms with E-state index >= 15 is 0 Å². The van der Waals surface area contributed by atoms with Gasteiger partial charge in [0.2, 0.25) is 0 Å². The Balaban J connectivity index is 2.18. The van der Waals surface area contributed by atoms with Crippen LogP contribution in [0.4, 0.5) is 5.69 Å². The molecule has 4 heteroatoms. The predicted molar refractivity (Wildman–Crippen MR) is 79.7 cm³/mol. The van der Waals surface area contributed by atoms with Gasteiger partial charge in [0.1, 0.15) is 0 Å². The van der Waals surface area contributed by atoms with Crippen LogP contribution in [0.2, 0.25) is 10.0 Å². The monoisotopic (exact) mass is 290 g/mol.